The van der Waals surface area contributed by atoms with E-state index in [2.05, 4.69) is 22.6 Å². The first kappa shape index (κ1) is 49.9. The number of esters is 1. The average molecular weight is 859 g/mol. The maximum atomic E-state index is 14.5. The van der Waals surface area contributed by atoms with Crippen molar-refractivity contribution in [1.29, 1.82) is 0 Å². The molecule has 2 aromatic rings. The number of rotatable bonds is 17. The van der Waals surface area contributed by atoms with Crippen molar-refractivity contribution in [2.24, 2.45) is 23.5 Å². The van der Waals surface area contributed by atoms with Gasteiger partial charge in [0.05, 0.1) is 30.6 Å². The van der Waals surface area contributed by atoms with Crippen LogP contribution in [0.15, 0.2) is 30.5 Å². The monoisotopic (exact) mass is 859 g/mol. The predicted molar refractivity (Wildman–Crippen MR) is 232 cm³/mol. The highest BCUT2D eigenvalue weighted by Crippen LogP contribution is 2.40. The fourth-order valence-electron chi connectivity index (χ4n) is 9.29. The smallest absolute Gasteiger partial charge is 0.410 e. The number of aliphatic hydroxyl groups excluding tert-OH is 1. The molecule has 2 aliphatic heterocycles. The number of anilines is 1. The van der Waals surface area contributed by atoms with E-state index in [1.54, 1.807) is 23.6 Å². The molecule has 1 aromatic carbocycles. The number of aromatic nitrogens is 3. The Hall–Kier alpha value is -3.71. The predicted octanol–water partition coefficient (Wildman–Crippen LogP) is 3.86. The molecule has 0 spiro atoms. The van der Waals surface area contributed by atoms with Gasteiger partial charge in [0.1, 0.15) is 23.8 Å². The number of aryl methyl sites for hydroxylation is 1. The van der Waals surface area contributed by atoms with Gasteiger partial charge in [0.2, 0.25) is 0 Å². The van der Waals surface area contributed by atoms with E-state index in [9.17, 15) is 19.5 Å². The Labute approximate surface area is 362 Å². The second kappa shape index (κ2) is 22.1. The summed E-state index contributed by atoms with van der Waals surface area (Å²) in [6.07, 6.45) is 0.0135. The van der Waals surface area contributed by atoms with Crippen LogP contribution in [0.4, 0.5) is 10.5 Å². The molecule has 2 unspecified atom stereocenters. The number of carbonyl (C=O) groups excluding carboxylic acids is 3. The zero-order valence-corrected chi connectivity index (χ0v) is 38.3. The first-order valence-electron chi connectivity index (χ1n) is 22.0. The van der Waals surface area contributed by atoms with E-state index >= 15 is 0 Å². The molecular formula is C44H74N8O9. The number of methoxy groups -OCH3 is 1. The van der Waals surface area contributed by atoms with Crippen LogP contribution in [0.5, 0.6) is 0 Å². The molecule has 61 heavy (non-hydrogen) atoms. The molecule has 0 saturated carbocycles. The number of likely N-dealkylation sites (N-methyl/N-ethyl adjacent to an activating group) is 1. The molecule has 3 heterocycles. The number of benzene rings is 1. The summed E-state index contributed by atoms with van der Waals surface area (Å²) in [5, 5.41) is 23.9. The first-order valence-corrected chi connectivity index (χ1v) is 22.0. The zero-order chi connectivity index (χ0) is 45.2. The molecule has 17 heteroatoms. The summed E-state index contributed by atoms with van der Waals surface area (Å²) in [5.41, 5.74) is 11.7. The maximum Gasteiger partial charge on any atom is 0.410 e. The van der Waals surface area contributed by atoms with Crippen LogP contribution >= 0.6 is 0 Å². The van der Waals surface area contributed by atoms with Crippen LogP contribution in [-0.4, -0.2) is 149 Å². The van der Waals surface area contributed by atoms with Gasteiger partial charge in [-0.25, -0.2) is 4.79 Å². The lowest BCUT2D eigenvalue weighted by molar-refractivity contribution is -0.266. The molecular weight excluding hydrogens is 785 g/mol. The number of ketones is 1. The third-order valence-corrected chi connectivity index (χ3v) is 12.7. The molecule has 2 fully saturated rings. The summed E-state index contributed by atoms with van der Waals surface area (Å²) in [4.78, 5) is 46.0. The van der Waals surface area contributed by atoms with Crippen molar-refractivity contribution in [2.75, 3.05) is 53.2 Å². The highest BCUT2D eigenvalue weighted by molar-refractivity contribution is 6.00. The van der Waals surface area contributed by atoms with Gasteiger partial charge in [-0.2, -0.15) is 0 Å². The van der Waals surface area contributed by atoms with E-state index in [1.807, 2.05) is 84.1 Å². The highest BCUT2D eigenvalue weighted by Gasteiger charge is 2.58. The molecule has 17 nitrogen and oxygen atoms in total. The number of Topliss-reactive ketones (excluding diaryl/α,β-unsaturated/α-hetero) is 1. The third-order valence-electron chi connectivity index (χ3n) is 12.7. The fourth-order valence-corrected chi connectivity index (χ4v) is 9.29. The Morgan fingerprint density at radius 2 is 1.80 bits per heavy atom. The number of fused-ring (bicyclic) bond motifs is 1. The number of aliphatic hydroxyl groups is 1. The molecule has 2 saturated heterocycles. The van der Waals surface area contributed by atoms with E-state index < -0.39 is 71.5 Å². The van der Waals surface area contributed by atoms with Crippen molar-refractivity contribution >= 4 is 23.5 Å². The topological polar surface area (TPSA) is 219 Å². The number of hydrogen-bond donors (Lipinski definition) is 4. The van der Waals surface area contributed by atoms with Crippen LogP contribution in [0.2, 0.25) is 0 Å². The molecule has 12 atom stereocenters. The summed E-state index contributed by atoms with van der Waals surface area (Å²) < 4.78 is 33.2. The van der Waals surface area contributed by atoms with Crippen molar-refractivity contribution in [3.8, 4) is 11.3 Å². The van der Waals surface area contributed by atoms with E-state index in [1.165, 1.54) is 6.92 Å². The van der Waals surface area contributed by atoms with Crippen LogP contribution in [0.3, 0.4) is 0 Å². The van der Waals surface area contributed by atoms with Gasteiger partial charge in [0.25, 0.3) is 0 Å². The summed E-state index contributed by atoms with van der Waals surface area (Å²) in [5.74, 6) is -3.32. The van der Waals surface area contributed by atoms with Gasteiger partial charge < -0.3 is 50.5 Å². The van der Waals surface area contributed by atoms with Gasteiger partial charge in [-0.05, 0) is 98.5 Å². The van der Waals surface area contributed by atoms with Gasteiger partial charge >= 0.3 is 12.1 Å². The second-order valence-corrected chi connectivity index (χ2v) is 17.7. The SMILES string of the molecule is CCC(C(O)[C@@H](OCCN)O[C@@H]1[C@@H](C)C(=O)[C@@H](C)C(=O)O[C@H](CC)[C@@]2(C)OC(=O)N(CCCCn3cc(-c4cccc(N)c4)nn3)[C@@H]2[C@@H](C)NC[C@H](C)C[C@@]1(C)OC)N(C)C. The average Bonchev–Trinajstić information content (AvgIpc) is 3.80. The summed E-state index contributed by atoms with van der Waals surface area (Å²) >= 11 is 0. The molecule has 1 amide bonds. The summed E-state index contributed by atoms with van der Waals surface area (Å²) in [7, 11) is 5.31. The molecule has 0 aliphatic carbocycles. The van der Waals surface area contributed by atoms with Gasteiger partial charge in [-0.3, -0.25) is 19.2 Å². The van der Waals surface area contributed by atoms with E-state index in [0.29, 0.717) is 57.4 Å². The second-order valence-electron chi connectivity index (χ2n) is 17.7. The lowest BCUT2D eigenvalue weighted by Crippen LogP contribution is -2.61. The van der Waals surface area contributed by atoms with Crippen molar-refractivity contribution in [1.82, 2.24) is 30.1 Å². The summed E-state index contributed by atoms with van der Waals surface area (Å²) in [6.45, 7) is 16.6. The number of ether oxygens (including phenoxy) is 5. The van der Waals surface area contributed by atoms with Crippen LogP contribution in [-0.2, 0) is 39.8 Å². The fraction of sp³-hybridized carbons (Fsp3) is 0.750. The van der Waals surface area contributed by atoms with Crippen molar-refractivity contribution in [3.63, 3.8) is 0 Å². The molecule has 0 bridgehead atoms. The van der Waals surface area contributed by atoms with Crippen molar-refractivity contribution in [3.05, 3.63) is 30.5 Å². The standard InChI is InChI=1S/C44H74N8O9/c1-12-34(50(9)10)37(54)41(58-22-19-45)60-39-28(4)36(53)29(5)40(55)59-35(13-2)44(8)38(30(6)47-25-27(3)24-43(39,7)57-11)52(42(56)61-44)21-15-14-20-51-26-33(48-49-51)31-17-16-18-32(46)23-31/h16-18,23,26-30,34-35,37-39,41,47,54H,12-15,19-22,24-25,45-46H2,1-11H3/t27-,28+,29-,30-,34?,35-,37?,38-,39-,41+,43-,44-/m1/s1. The molecule has 2 aliphatic rings. The van der Waals surface area contributed by atoms with Crippen LogP contribution < -0.4 is 16.8 Å². The van der Waals surface area contributed by atoms with Gasteiger partial charge in [-0.1, -0.05) is 45.0 Å². The number of unbranched alkanes of at least 4 members (excludes halogenated alkanes) is 1. The van der Waals surface area contributed by atoms with E-state index in [4.69, 9.17) is 35.2 Å². The van der Waals surface area contributed by atoms with Gasteiger partial charge in [0.15, 0.2) is 17.7 Å². The molecule has 6 N–H and O–H groups in total. The number of nitrogen functional groups attached to an aromatic ring is 1. The Kier molecular flexibility index (Phi) is 18.1. The van der Waals surface area contributed by atoms with E-state index in [-0.39, 0.29) is 31.2 Å². The van der Waals surface area contributed by atoms with Crippen LogP contribution in [0, 0.1) is 17.8 Å². The zero-order valence-electron chi connectivity index (χ0n) is 38.3. The van der Waals surface area contributed by atoms with Crippen LogP contribution in [0.25, 0.3) is 11.3 Å². The van der Waals surface area contributed by atoms with E-state index in [0.717, 1.165) is 11.3 Å². The van der Waals surface area contributed by atoms with Gasteiger partial charge in [0, 0.05) is 56.0 Å². The third kappa shape index (κ3) is 11.9. The quantitative estimate of drug-likeness (QED) is 0.0584. The molecule has 0 radical (unpaired) electrons. The van der Waals surface area contributed by atoms with Crippen molar-refractivity contribution in [2.45, 2.75) is 148 Å². The molecule has 1 aromatic heterocycles. The number of hydrogen-bond acceptors (Lipinski definition) is 15. The number of amides is 1. The minimum Gasteiger partial charge on any atom is -0.458 e. The Balaban J connectivity index is 1.62. The largest absolute Gasteiger partial charge is 0.458 e. The maximum absolute atomic E-state index is 14.5. The van der Waals surface area contributed by atoms with Crippen molar-refractivity contribution < 1.29 is 43.2 Å². The lowest BCUT2D eigenvalue weighted by atomic mass is 9.78. The van der Waals surface area contributed by atoms with Crippen LogP contribution in [0.1, 0.15) is 87.5 Å². The Bertz CT molecular complexity index is 1730. The normalized spacial score (nSPS) is 30.9. The first-order chi connectivity index (χ1) is 28.8. The lowest BCUT2D eigenvalue weighted by Gasteiger charge is -2.44. The number of nitrogens with one attached hydrogen (secondary N) is 1. The number of nitrogens with two attached hydrogens (primary N) is 2. The molecule has 344 valence electrons. The highest BCUT2D eigenvalue weighted by atomic mass is 16.7. The van der Waals surface area contributed by atoms with Gasteiger partial charge in [-0.15, -0.1) is 5.10 Å². The Morgan fingerprint density at radius 3 is 2.43 bits per heavy atom. The Morgan fingerprint density at radius 1 is 1.10 bits per heavy atom. The minimum absolute atomic E-state index is 0.0423. The number of nitrogens with zero attached hydrogens (tertiary/aromatic N) is 5. The summed E-state index contributed by atoms with van der Waals surface area (Å²) in [6, 6.07) is 6.31. The minimum atomic E-state index is -1.25. The number of cyclic esters (lactones) is 1. The number of carbonyl (C=O) groups is 3. The molecule has 4 rings (SSSR count).